The third-order valence-corrected chi connectivity index (χ3v) is 3.29. The van der Waals surface area contributed by atoms with Crippen LogP contribution in [0.3, 0.4) is 0 Å². The number of likely N-dealkylation sites (tertiary alicyclic amines) is 1. The van der Waals surface area contributed by atoms with E-state index in [4.69, 9.17) is 17.3 Å². The zero-order valence-electron chi connectivity index (χ0n) is 8.52. The second kappa shape index (κ2) is 3.99. The monoisotopic (exact) mass is 202 g/mol. The van der Waals surface area contributed by atoms with Crippen LogP contribution in [-0.4, -0.2) is 31.1 Å². The van der Waals surface area contributed by atoms with E-state index >= 15 is 0 Å². The van der Waals surface area contributed by atoms with Crippen molar-refractivity contribution in [3.8, 4) is 0 Å². The van der Waals surface area contributed by atoms with Crippen LogP contribution in [0.1, 0.15) is 13.8 Å². The normalized spacial score (nSPS) is 35.2. The molecule has 2 N–H and O–H groups in total. The maximum atomic E-state index is 5.77. The van der Waals surface area contributed by atoms with Crippen molar-refractivity contribution < 1.29 is 0 Å². The van der Waals surface area contributed by atoms with Crippen LogP contribution in [0.5, 0.6) is 0 Å². The van der Waals surface area contributed by atoms with E-state index in [1.807, 2.05) is 0 Å². The molecule has 0 aliphatic carbocycles. The molecule has 2 atom stereocenters. The van der Waals surface area contributed by atoms with Crippen LogP contribution in [0.25, 0.3) is 0 Å². The van der Waals surface area contributed by atoms with Crippen molar-refractivity contribution in [3.05, 3.63) is 11.6 Å². The Bertz CT molecular complexity index is 205. The highest BCUT2D eigenvalue weighted by Crippen LogP contribution is 2.34. The van der Waals surface area contributed by atoms with Gasteiger partial charge in [0.2, 0.25) is 0 Å². The molecule has 0 bridgehead atoms. The minimum absolute atomic E-state index is 0.256. The zero-order chi connectivity index (χ0) is 10.1. The highest BCUT2D eigenvalue weighted by atomic mass is 35.5. The molecule has 2 unspecified atom stereocenters. The molecular weight excluding hydrogens is 184 g/mol. The fourth-order valence-electron chi connectivity index (χ4n) is 1.97. The molecule has 1 aliphatic heterocycles. The molecule has 1 heterocycles. The van der Waals surface area contributed by atoms with E-state index in [9.17, 15) is 0 Å². The first-order valence-corrected chi connectivity index (χ1v) is 5.11. The summed E-state index contributed by atoms with van der Waals surface area (Å²) in [4.78, 5) is 2.33. The van der Waals surface area contributed by atoms with Crippen molar-refractivity contribution in [2.75, 3.05) is 26.2 Å². The fourth-order valence-corrected chi connectivity index (χ4v) is 2.14. The first-order valence-electron chi connectivity index (χ1n) is 4.73. The van der Waals surface area contributed by atoms with Crippen molar-refractivity contribution in [3.63, 3.8) is 0 Å². The standard InChI is InChI=1S/C10H19ClN2/c1-8-4-13(5-9(2)11)7-10(8,3)6-12/h8H,2,4-7,12H2,1,3H3. The van der Waals surface area contributed by atoms with Crippen LogP contribution < -0.4 is 5.73 Å². The van der Waals surface area contributed by atoms with Gasteiger partial charge in [-0.25, -0.2) is 0 Å². The maximum Gasteiger partial charge on any atom is 0.0336 e. The van der Waals surface area contributed by atoms with Crippen LogP contribution in [0.2, 0.25) is 0 Å². The molecule has 2 nitrogen and oxygen atoms in total. The van der Waals surface area contributed by atoms with E-state index in [1.54, 1.807) is 0 Å². The molecular formula is C10H19ClN2. The van der Waals surface area contributed by atoms with Gasteiger partial charge in [-0.15, -0.1) is 0 Å². The summed E-state index contributed by atoms with van der Waals surface area (Å²) in [5.74, 6) is 0.647. The van der Waals surface area contributed by atoms with Crippen LogP contribution in [0.15, 0.2) is 11.6 Å². The predicted octanol–water partition coefficient (Wildman–Crippen LogP) is 1.66. The molecule has 0 aromatic heterocycles. The van der Waals surface area contributed by atoms with Gasteiger partial charge in [-0.3, -0.25) is 4.90 Å². The molecule has 1 fully saturated rings. The van der Waals surface area contributed by atoms with Crippen molar-refractivity contribution >= 4 is 11.6 Å². The second-order valence-corrected chi connectivity index (χ2v) is 4.98. The summed E-state index contributed by atoms with van der Waals surface area (Å²) in [5.41, 5.74) is 6.03. The van der Waals surface area contributed by atoms with Gasteiger partial charge in [0.1, 0.15) is 0 Å². The second-order valence-electron chi connectivity index (χ2n) is 4.45. The lowest BCUT2D eigenvalue weighted by atomic mass is 9.81. The van der Waals surface area contributed by atoms with E-state index in [0.29, 0.717) is 11.0 Å². The summed E-state index contributed by atoms with van der Waals surface area (Å²) >= 11 is 5.77. The summed E-state index contributed by atoms with van der Waals surface area (Å²) in [5, 5.41) is 0.716. The van der Waals surface area contributed by atoms with Crippen molar-refractivity contribution in [2.45, 2.75) is 13.8 Å². The van der Waals surface area contributed by atoms with E-state index in [-0.39, 0.29) is 5.41 Å². The number of hydrogen-bond acceptors (Lipinski definition) is 2. The third-order valence-electron chi connectivity index (χ3n) is 3.17. The molecule has 0 aromatic rings. The number of halogens is 1. The molecule has 1 saturated heterocycles. The third kappa shape index (κ3) is 2.46. The molecule has 0 saturated carbocycles. The van der Waals surface area contributed by atoms with Gasteiger partial charge in [-0.2, -0.15) is 0 Å². The quantitative estimate of drug-likeness (QED) is 0.755. The molecule has 0 amide bonds. The van der Waals surface area contributed by atoms with E-state index in [1.165, 1.54) is 0 Å². The lowest BCUT2D eigenvalue weighted by molar-refractivity contribution is 0.268. The molecule has 0 aromatic carbocycles. The summed E-state index contributed by atoms with van der Waals surface area (Å²) in [6, 6.07) is 0. The molecule has 3 heteroatoms. The Kier molecular flexibility index (Phi) is 3.38. The minimum Gasteiger partial charge on any atom is -0.330 e. The average molecular weight is 203 g/mol. The summed E-state index contributed by atoms with van der Waals surface area (Å²) in [6.07, 6.45) is 0. The molecule has 1 rings (SSSR count). The molecule has 0 radical (unpaired) electrons. The van der Waals surface area contributed by atoms with Gasteiger partial charge < -0.3 is 5.73 Å². The number of nitrogens with zero attached hydrogens (tertiary/aromatic N) is 1. The Morgan fingerprint density at radius 3 is 2.77 bits per heavy atom. The predicted molar refractivity (Wildman–Crippen MR) is 57.8 cm³/mol. The molecule has 13 heavy (non-hydrogen) atoms. The Hall–Kier alpha value is -0.0500. The Morgan fingerprint density at radius 2 is 2.38 bits per heavy atom. The summed E-state index contributed by atoms with van der Waals surface area (Å²) in [6.45, 7) is 11.9. The first-order chi connectivity index (χ1) is 5.98. The van der Waals surface area contributed by atoms with E-state index < -0.39 is 0 Å². The van der Waals surface area contributed by atoms with E-state index in [0.717, 1.165) is 26.2 Å². The average Bonchev–Trinajstić information content (AvgIpc) is 2.27. The minimum atomic E-state index is 0.256. The zero-order valence-corrected chi connectivity index (χ0v) is 9.27. The molecule has 1 aliphatic rings. The molecule has 0 spiro atoms. The van der Waals surface area contributed by atoms with Crippen LogP contribution >= 0.6 is 11.6 Å². The largest absolute Gasteiger partial charge is 0.330 e. The summed E-state index contributed by atoms with van der Waals surface area (Å²) in [7, 11) is 0. The van der Waals surface area contributed by atoms with Gasteiger partial charge in [0.15, 0.2) is 0 Å². The maximum absolute atomic E-state index is 5.77. The van der Waals surface area contributed by atoms with Gasteiger partial charge in [0.05, 0.1) is 0 Å². The lowest BCUT2D eigenvalue weighted by Crippen LogP contribution is -2.34. The topological polar surface area (TPSA) is 29.3 Å². The Morgan fingerprint density at radius 1 is 1.77 bits per heavy atom. The summed E-state index contributed by atoms with van der Waals surface area (Å²) < 4.78 is 0. The Labute approximate surface area is 85.7 Å². The highest BCUT2D eigenvalue weighted by Gasteiger charge is 2.38. The van der Waals surface area contributed by atoms with Gasteiger partial charge in [-0.05, 0) is 17.9 Å². The van der Waals surface area contributed by atoms with Gasteiger partial charge in [0, 0.05) is 24.7 Å². The van der Waals surface area contributed by atoms with Crippen molar-refractivity contribution in [1.29, 1.82) is 0 Å². The van der Waals surface area contributed by atoms with E-state index in [2.05, 4.69) is 25.3 Å². The smallest absolute Gasteiger partial charge is 0.0336 e. The van der Waals surface area contributed by atoms with Crippen molar-refractivity contribution in [1.82, 2.24) is 4.90 Å². The fraction of sp³-hybridized carbons (Fsp3) is 0.800. The van der Waals surface area contributed by atoms with Crippen molar-refractivity contribution in [2.24, 2.45) is 17.1 Å². The van der Waals surface area contributed by atoms with Crippen LogP contribution in [0.4, 0.5) is 0 Å². The van der Waals surface area contributed by atoms with Crippen LogP contribution in [0, 0.1) is 11.3 Å². The molecule has 76 valence electrons. The first kappa shape index (κ1) is 11.0. The SMILES string of the molecule is C=C(Cl)CN1CC(C)C(C)(CN)C1. The lowest BCUT2D eigenvalue weighted by Gasteiger charge is -2.26. The van der Waals surface area contributed by atoms with Crippen LogP contribution in [-0.2, 0) is 0 Å². The number of nitrogens with two attached hydrogens (primary N) is 1. The number of rotatable bonds is 3. The Balaban J connectivity index is 2.54. The highest BCUT2D eigenvalue weighted by molar-refractivity contribution is 6.29. The van der Waals surface area contributed by atoms with Gasteiger partial charge in [0.25, 0.3) is 0 Å². The van der Waals surface area contributed by atoms with Gasteiger partial charge >= 0.3 is 0 Å². The van der Waals surface area contributed by atoms with Gasteiger partial charge in [-0.1, -0.05) is 32.0 Å². The number of hydrogen-bond donors (Lipinski definition) is 1.